The molecule has 0 bridgehead atoms. The maximum Gasteiger partial charge on any atom is 0.418 e. The van der Waals surface area contributed by atoms with Gasteiger partial charge in [0.1, 0.15) is 12.4 Å². The fourth-order valence-corrected chi connectivity index (χ4v) is 2.11. The smallest absolute Gasteiger partial charge is 0.418 e. The third-order valence-corrected chi connectivity index (χ3v) is 3.40. The summed E-state index contributed by atoms with van der Waals surface area (Å²) in [6.07, 6.45) is -2.56. The molecular weight excluding hydrogens is 373 g/mol. The number of alkyl halides is 3. The summed E-state index contributed by atoms with van der Waals surface area (Å²) in [7, 11) is 0. The summed E-state index contributed by atoms with van der Waals surface area (Å²) < 4.78 is 44.8. The lowest BCUT2D eigenvalue weighted by Crippen LogP contribution is -2.29. The summed E-state index contributed by atoms with van der Waals surface area (Å²) in [5, 5.41) is 5.62. The van der Waals surface area contributed by atoms with Gasteiger partial charge in [0.05, 0.1) is 17.1 Å². The van der Waals surface area contributed by atoms with Crippen LogP contribution in [0, 0.1) is 0 Å². The third-order valence-electron chi connectivity index (χ3n) is 3.17. The van der Waals surface area contributed by atoms with Gasteiger partial charge in [-0.15, -0.1) is 0 Å². The molecule has 2 heterocycles. The Balaban J connectivity index is 2.15. The maximum atomic E-state index is 13.2. The molecule has 0 aliphatic rings. The van der Waals surface area contributed by atoms with E-state index in [2.05, 4.69) is 20.6 Å². The van der Waals surface area contributed by atoms with E-state index in [-0.39, 0.29) is 36.3 Å². The Labute approximate surface area is 152 Å². The number of amides is 1. The number of anilines is 1. The van der Waals surface area contributed by atoms with Gasteiger partial charge in [-0.05, 0) is 19.1 Å². The van der Waals surface area contributed by atoms with E-state index < -0.39 is 11.7 Å². The number of carbonyl (C=O) groups excluding carboxylic acids is 1. The fraction of sp³-hybridized carbons (Fsp3) is 0.312. The molecule has 0 saturated heterocycles. The molecule has 0 saturated carbocycles. The van der Waals surface area contributed by atoms with Gasteiger partial charge in [-0.25, -0.2) is 9.97 Å². The van der Waals surface area contributed by atoms with Gasteiger partial charge in [0.2, 0.25) is 11.8 Å². The van der Waals surface area contributed by atoms with Crippen molar-refractivity contribution in [2.24, 2.45) is 0 Å². The monoisotopic (exact) mass is 388 g/mol. The number of pyridine rings is 2. The highest BCUT2D eigenvalue weighted by atomic mass is 35.5. The minimum atomic E-state index is -4.59. The van der Waals surface area contributed by atoms with E-state index in [1.54, 1.807) is 6.92 Å². The number of nitrogens with one attached hydrogen (secondary N) is 2. The lowest BCUT2D eigenvalue weighted by atomic mass is 10.1. The summed E-state index contributed by atoms with van der Waals surface area (Å²) in [5.74, 6) is -0.0274. The van der Waals surface area contributed by atoms with Crippen molar-refractivity contribution in [3.63, 3.8) is 0 Å². The molecule has 2 N–H and O–H groups in total. The fourth-order valence-electron chi connectivity index (χ4n) is 2.00. The molecule has 0 radical (unpaired) electrons. The Morgan fingerprint density at radius 1 is 1.27 bits per heavy atom. The van der Waals surface area contributed by atoms with Gasteiger partial charge in [-0.2, -0.15) is 13.2 Å². The minimum Gasteiger partial charge on any atom is -0.473 e. The molecule has 0 aliphatic heterocycles. The van der Waals surface area contributed by atoms with Crippen LogP contribution in [0.2, 0.25) is 5.02 Å². The maximum absolute atomic E-state index is 13.2. The molecule has 0 aromatic carbocycles. The van der Waals surface area contributed by atoms with Crippen molar-refractivity contribution in [3.05, 3.63) is 46.7 Å². The number of nitrogens with zero attached hydrogens (tertiary/aromatic N) is 2. The number of likely N-dealkylation sites (N-methyl/N-ethyl adjacent to an activating group) is 1. The van der Waals surface area contributed by atoms with E-state index in [1.807, 2.05) is 0 Å². The molecule has 0 aliphatic carbocycles. The zero-order valence-electron chi connectivity index (χ0n) is 13.7. The normalized spacial score (nSPS) is 11.1. The first-order valence-electron chi connectivity index (χ1n) is 7.60. The molecular formula is C16H16ClF3N4O2. The van der Waals surface area contributed by atoms with Crippen LogP contribution in [0.15, 0.2) is 30.6 Å². The van der Waals surface area contributed by atoms with Crippen molar-refractivity contribution >= 4 is 23.3 Å². The van der Waals surface area contributed by atoms with Crippen molar-refractivity contribution in [2.75, 3.05) is 18.4 Å². The van der Waals surface area contributed by atoms with Crippen molar-refractivity contribution in [1.29, 1.82) is 0 Å². The summed E-state index contributed by atoms with van der Waals surface area (Å²) in [6, 6.07) is 4.16. The Kier molecular flexibility index (Phi) is 6.62. The number of hydrogen-bond donors (Lipinski definition) is 2. The zero-order valence-corrected chi connectivity index (χ0v) is 14.5. The van der Waals surface area contributed by atoms with E-state index in [1.165, 1.54) is 24.4 Å². The Hall–Kier alpha value is -2.55. The highest BCUT2D eigenvalue weighted by molar-refractivity contribution is 6.30. The third kappa shape index (κ3) is 5.76. The predicted octanol–water partition coefficient (Wildman–Crippen LogP) is 3.28. The molecule has 0 fully saturated rings. The number of carbonyl (C=O) groups is 1. The second-order valence-electron chi connectivity index (χ2n) is 5.13. The number of aromatic nitrogens is 2. The van der Waals surface area contributed by atoms with E-state index >= 15 is 0 Å². The highest BCUT2D eigenvalue weighted by Crippen LogP contribution is 2.33. The van der Waals surface area contributed by atoms with Gasteiger partial charge < -0.3 is 15.4 Å². The van der Waals surface area contributed by atoms with Gasteiger partial charge in [-0.3, -0.25) is 4.79 Å². The first-order chi connectivity index (χ1) is 12.3. The van der Waals surface area contributed by atoms with Gasteiger partial charge in [0, 0.05) is 30.6 Å². The van der Waals surface area contributed by atoms with Crippen molar-refractivity contribution in [2.45, 2.75) is 19.7 Å². The number of rotatable bonds is 7. The van der Waals surface area contributed by atoms with Gasteiger partial charge in [0.25, 0.3) is 0 Å². The van der Waals surface area contributed by atoms with Crippen molar-refractivity contribution in [3.8, 4) is 5.88 Å². The molecule has 26 heavy (non-hydrogen) atoms. The SMILES string of the molecule is CCNC(=O)CNc1cc(COc2ccc(Cl)cn2)c(C(F)(F)F)cn1. The van der Waals surface area contributed by atoms with E-state index in [4.69, 9.17) is 16.3 Å². The first kappa shape index (κ1) is 19.8. The Bertz CT molecular complexity index is 754. The van der Waals surface area contributed by atoms with Crippen LogP contribution in [0.4, 0.5) is 19.0 Å². The van der Waals surface area contributed by atoms with E-state index in [0.717, 1.165) is 0 Å². The average molecular weight is 389 g/mol. The quantitative estimate of drug-likeness (QED) is 0.761. The van der Waals surface area contributed by atoms with Crippen molar-refractivity contribution in [1.82, 2.24) is 15.3 Å². The van der Waals surface area contributed by atoms with Crippen LogP contribution in [0.3, 0.4) is 0 Å². The molecule has 2 aromatic rings. The van der Waals surface area contributed by atoms with Gasteiger partial charge in [0.15, 0.2) is 0 Å². The van der Waals surface area contributed by atoms with Crippen LogP contribution in [0.5, 0.6) is 5.88 Å². The summed E-state index contributed by atoms with van der Waals surface area (Å²) >= 11 is 5.70. The molecule has 0 atom stereocenters. The Morgan fingerprint density at radius 2 is 2.04 bits per heavy atom. The molecule has 1 amide bonds. The molecule has 0 unspecified atom stereocenters. The largest absolute Gasteiger partial charge is 0.473 e. The molecule has 140 valence electrons. The first-order valence-corrected chi connectivity index (χ1v) is 7.98. The zero-order chi connectivity index (χ0) is 19.2. The van der Waals surface area contributed by atoms with Crippen LogP contribution >= 0.6 is 11.6 Å². The van der Waals surface area contributed by atoms with Crippen LogP contribution in [-0.4, -0.2) is 29.0 Å². The average Bonchev–Trinajstić information content (AvgIpc) is 2.59. The highest BCUT2D eigenvalue weighted by Gasteiger charge is 2.34. The van der Waals surface area contributed by atoms with Crippen molar-refractivity contribution < 1.29 is 22.7 Å². The van der Waals surface area contributed by atoms with E-state index in [0.29, 0.717) is 17.8 Å². The van der Waals surface area contributed by atoms with Crippen LogP contribution < -0.4 is 15.4 Å². The number of hydrogen-bond acceptors (Lipinski definition) is 5. The number of halogens is 4. The summed E-state index contributed by atoms with van der Waals surface area (Å²) in [5.41, 5.74) is -1.06. The van der Waals surface area contributed by atoms with Gasteiger partial charge >= 0.3 is 6.18 Å². The molecule has 0 spiro atoms. The second kappa shape index (κ2) is 8.70. The lowest BCUT2D eigenvalue weighted by Gasteiger charge is -2.15. The molecule has 6 nitrogen and oxygen atoms in total. The molecule has 2 rings (SSSR count). The van der Waals surface area contributed by atoms with Crippen LogP contribution in [0.25, 0.3) is 0 Å². The molecule has 2 aromatic heterocycles. The molecule has 10 heteroatoms. The van der Waals surface area contributed by atoms with Crippen LogP contribution in [-0.2, 0) is 17.6 Å². The topological polar surface area (TPSA) is 76.1 Å². The summed E-state index contributed by atoms with van der Waals surface area (Å²) in [4.78, 5) is 19.0. The second-order valence-corrected chi connectivity index (χ2v) is 5.57. The van der Waals surface area contributed by atoms with Gasteiger partial charge in [-0.1, -0.05) is 11.6 Å². The number of ether oxygens (including phenoxy) is 1. The van der Waals surface area contributed by atoms with Crippen LogP contribution in [0.1, 0.15) is 18.1 Å². The standard InChI is InChI=1S/C16H16ClF3N4O2/c1-2-21-14(25)8-23-13-5-10(12(7-22-13)16(18,19)20)9-26-15-4-3-11(17)6-24-15/h3-7H,2,8-9H2,1H3,(H,21,25)(H,22,23). The Morgan fingerprint density at radius 3 is 2.65 bits per heavy atom. The summed E-state index contributed by atoms with van der Waals surface area (Å²) in [6.45, 7) is 1.73. The predicted molar refractivity (Wildman–Crippen MR) is 90.0 cm³/mol. The van der Waals surface area contributed by atoms with E-state index in [9.17, 15) is 18.0 Å². The minimum absolute atomic E-state index is 0.106. The lowest BCUT2D eigenvalue weighted by molar-refractivity contribution is -0.138.